The lowest BCUT2D eigenvalue weighted by Crippen LogP contribution is -2.29. The number of hydrogen-bond donors (Lipinski definition) is 1. The summed E-state index contributed by atoms with van der Waals surface area (Å²) in [5.41, 5.74) is 2.14. The second-order valence-corrected chi connectivity index (χ2v) is 5.67. The Morgan fingerprint density at radius 3 is 2.95 bits per heavy atom. The van der Waals surface area contributed by atoms with E-state index in [-0.39, 0.29) is 0 Å². The Kier molecular flexibility index (Phi) is 3.78. The van der Waals surface area contributed by atoms with Crippen molar-refractivity contribution in [1.82, 2.24) is 14.9 Å². The van der Waals surface area contributed by atoms with Crippen molar-refractivity contribution in [3.8, 4) is 5.69 Å². The van der Waals surface area contributed by atoms with Crippen LogP contribution in [-0.2, 0) is 0 Å². The van der Waals surface area contributed by atoms with Crippen LogP contribution in [0.2, 0.25) is 10.0 Å². The third-order valence-electron chi connectivity index (χ3n) is 3.55. The fourth-order valence-corrected chi connectivity index (χ4v) is 3.09. The number of nitrogens with one attached hydrogen (secondary N) is 1. The zero-order valence-corrected chi connectivity index (χ0v) is 12.0. The maximum Gasteiger partial charge on any atom is 0.0994 e. The minimum atomic E-state index is 0.489. The zero-order valence-electron chi connectivity index (χ0n) is 10.4. The molecule has 0 aliphatic carbocycles. The fourth-order valence-electron chi connectivity index (χ4n) is 2.59. The van der Waals surface area contributed by atoms with E-state index in [0.29, 0.717) is 16.0 Å². The molecule has 0 spiro atoms. The number of benzene rings is 1. The van der Waals surface area contributed by atoms with Gasteiger partial charge >= 0.3 is 0 Å². The maximum atomic E-state index is 6.28. The van der Waals surface area contributed by atoms with Gasteiger partial charge in [0.05, 0.1) is 17.0 Å². The first kappa shape index (κ1) is 13.0. The maximum absolute atomic E-state index is 6.28. The van der Waals surface area contributed by atoms with Crippen LogP contribution in [0.5, 0.6) is 0 Å². The van der Waals surface area contributed by atoms with E-state index in [4.69, 9.17) is 23.2 Å². The summed E-state index contributed by atoms with van der Waals surface area (Å²) in [6, 6.07) is 5.55. The Morgan fingerprint density at radius 2 is 2.21 bits per heavy atom. The second-order valence-electron chi connectivity index (χ2n) is 4.83. The monoisotopic (exact) mass is 295 g/mol. The predicted molar refractivity (Wildman–Crippen MR) is 78.4 cm³/mol. The largest absolute Gasteiger partial charge is 0.316 e. The highest BCUT2D eigenvalue weighted by Gasteiger charge is 2.20. The Balaban J connectivity index is 1.99. The van der Waals surface area contributed by atoms with Crippen molar-refractivity contribution in [3.05, 3.63) is 46.5 Å². The van der Waals surface area contributed by atoms with Gasteiger partial charge in [-0.2, -0.15) is 0 Å². The molecule has 100 valence electrons. The van der Waals surface area contributed by atoms with Gasteiger partial charge in [-0.05, 0) is 37.6 Å². The fraction of sp³-hybridized carbons (Fsp3) is 0.357. The van der Waals surface area contributed by atoms with Crippen molar-refractivity contribution in [1.29, 1.82) is 0 Å². The van der Waals surface area contributed by atoms with E-state index >= 15 is 0 Å². The molecule has 19 heavy (non-hydrogen) atoms. The van der Waals surface area contributed by atoms with Crippen molar-refractivity contribution < 1.29 is 0 Å². The molecule has 0 amide bonds. The molecular formula is C14H15Cl2N3. The smallest absolute Gasteiger partial charge is 0.0994 e. The first-order valence-corrected chi connectivity index (χ1v) is 7.19. The van der Waals surface area contributed by atoms with Gasteiger partial charge in [-0.25, -0.2) is 4.98 Å². The van der Waals surface area contributed by atoms with Crippen LogP contribution in [0.25, 0.3) is 5.69 Å². The standard InChI is InChI=1S/C14H15Cl2N3/c15-11-3-4-13(12(16)6-11)19-9-18-8-14(19)10-2-1-5-17-7-10/h3-4,6,8-10,17H,1-2,5,7H2. The van der Waals surface area contributed by atoms with E-state index in [9.17, 15) is 0 Å². The van der Waals surface area contributed by atoms with Crippen LogP contribution in [0.15, 0.2) is 30.7 Å². The summed E-state index contributed by atoms with van der Waals surface area (Å²) in [5.74, 6) is 0.489. The first-order valence-electron chi connectivity index (χ1n) is 6.44. The number of hydrogen-bond acceptors (Lipinski definition) is 2. The van der Waals surface area contributed by atoms with E-state index in [0.717, 1.165) is 18.8 Å². The highest BCUT2D eigenvalue weighted by atomic mass is 35.5. The SMILES string of the molecule is Clc1ccc(-n2cncc2C2CCCNC2)c(Cl)c1. The van der Waals surface area contributed by atoms with Crippen molar-refractivity contribution in [2.45, 2.75) is 18.8 Å². The molecule has 0 bridgehead atoms. The number of halogens is 2. The van der Waals surface area contributed by atoms with E-state index < -0.39 is 0 Å². The van der Waals surface area contributed by atoms with Gasteiger partial charge in [0.1, 0.15) is 0 Å². The highest BCUT2D eigenvalue weighted by molar-refractivity contribution is 6.35. The molecule has 1 atom stereocenters. The van der Waals surface area contributed by atoms with E-state index in [2.05, 4.69) is 14.9 Å². The van der Waals surface area contributed by atoms with Gasteiger partial charge < -0.3 is 9.88 Å². The summed E-state index contributed by atoms with van der Waals surface area (Å²) < 4.78 is 2.07. The molecule has 1 fully saturated rings. The van der Waals surface area contributed by atoms with Crippen molar-refractivity contribution in [2.75, 3.05) is 13.1 Å². The van der Waals surface area contributed by atoms with Gasteiger partial charge in [0, 0.05) is 29.4 Å². The third kappa shape index (κ3) is 2.64. The Labute approximate surface area is 122 Å². The Bertz CT molecular complexity index is 574. The molecule has 1 aliphatic rings. The number of rotatable bonds is 2. The average Bonchev–Trinajstić information content (AvgIpc) is 2.89. The van der Waals surface area contributed by atoms with Crippen LogP contribution in [-0.4, -0.2) is 22.6 Å². The molecule has 3 rings (SSSR count). The molecule has 0 radical (unpaired) electrons. The zero-order chi connectivity index (χ0) is 13.2. The molecule has 1 unspecified atom stereocenters. The van der Waals surface area contributed by atoms with Crippen LogP contribution in [0.1, 0.15) is 24.5 Å². The second kappa shape index (κ2) is 5.53. The van der Waals surface area contributed by atoms with Gasteiger partial charge in [0.2, 0.25) is 0 Å². The molecule has 1 aliphatic heterocycles. The minimum absolute atomic E-state index is 0.489. The quantitative estimate of drug-likeness (QED) is 0.917. The molecule has 1 aromatic carbocycles. The van der Waals surface area contributed by atoms with Crippen molar-refractivity contribution in [3.63, 3.8) is 0 Å². The van der Waals surface area contributed by atoms with Crippen LogP contribution in [0, 0.1) is 0 Å². The minimum Gasteiger partial charge on any atom is -0.316 e. The van der Waals surface area contributed by atoms with E-state index in [1.54, 1.807) is 6.07 Å². The molecule has 2 heterocycles. The van der Waals surface area contributed by atoms with Gasteiger partial charge in [0.25, 0.3) is 0 Å². The van der Waals surface area contributed by atoms with E-state index in [1.165, 1.54) is 18.5 Å². The van der Waals surface area contributed by atoms with Crippen molar-refractivity contribution >= 4 is 23.2 Å². The summed E-state index contributed by atoms with van der Waals surface area (Å²) in [7, 11) is 0. The average molecular weight is 296 g/mol. The summed E-state index contributed by atoms with van der Waals surface area (Å²) >= 11 is 12.2. The number of aromatic nitrogens is 2. The van der Waals surface area contributed by atoms with Crippen LogP contribution >= 0.6 is 23.2 Å². The van der Waals surface area contributed by atoms with Gasteiger partial charge in [-0.3, -0.25) is 0 Å². The Morgan fingerprint density at radius 1 is 1.32 bits per heavy atom. The Hall–Kier alpha value is -1.03. The molecule has 1 N–H and O–H groups in total. The summed E-state index contributed by atoms with van der Waals surface area (Å²) in [5, 5.41) is 4.73. The summed E-state index contributed by atoms with van der Waals surface area (Å²) in [6.45, 7) is 2.10. The normalized spacial score (nSPS) is 19.6. The molecule has 3 nitrogen and oxygen atoms in total. The molecular weight excluding hydrogens is 281 g/mol. The number of nitrogens with zero attached hydrogens (tertiary/aromatic N) is 2. The topological polar surface area (TPSA) is 29.9 Å². The van der Waals surface area contributed by atoms with Crippen LogP contribution in [0.4, 0.5) is 0 Å². The summed E-state index contributed by atoms with van der Waals surface area (Å²) in [6.07, 6.45) is 6.13. The molecule has 2 aromatic rings. The molecule has 0 saturated carbocycles. The predicted octanol–water partition coefficient (Wildman–Crippen LogP) is 3.65. The first-order chi connectivity index (χ1) is 9.25. The molecule has 5 heteroatoms. The lowest BCUT2D eigenvalue weighted by molar-refractivity contribution is 0.451. The molecule has 1 aromatic heterocycles. The molecule has 1 saturated heterocycles. The van der Waals surface area contributed by atoms with Crippen molar-refractivity contribution in [2.24, 2.45) is 0 Å². The number of imidazole rings is 1. The lowest BCUT2D eigenvalue weighted by Gasteiger charge is -2.24. The van der Waals surface area contributed by atoms with Gasteiger partial charge in [0.15, 0.2) is 0 Å². The van der Waals surface area contributed by atoms with Gasteiger partial charge in [-0.1, -0.05) is 23.2 Å². The lowest BCUT2D eigenvalue weighted by atomic mass is 9.96. The number of piperidine rings is 1. The third-order valence-corrected chi connectivity index (χ3v) is 4.09. The van der Waals surface area contributed by atoms with Gasteiger partial charge in [-0.15, -0.1) is 0 Å². The van der Waals surface area contributed by atoms with E-state index in [1.807, 2.05) is 24.7 Å². The van der Waals surface area contributed by atoms with Crippen LogP contribution in [0.3, 0.4) is 0 Å². The summed E-state index contributed by atoms with van der Waals surface area (Å²) in [4.78, 5) is 4.28. The highest BCUT2D eigenvalue weighted by Crippen LogP contribution is 2.29. The van der Waals surface area contributed by atoms with Crippen LogP contribution < -0.4 is 5.32 Å².